The van der Waals surface area contributed by atoms with E-state index in [-0.39, 0.29) is 18.0 Å². The van der Waals surface area contributed by atoms with Crippen LogP contribution < -0.4 is 14.8 Å². The summed E-state index contributed by atoms with van der Waals surface area (Å²) < 4.78 is 63.7. The van der Waals surface area contributed by atoms with Crippen LogP contribution in [-0.2, 0) is 24.8 Å². The van der Waals surface area contributed by atoms with E-state index in [0.717, 1.165) is 6.07 Å². The molecule has 1 unspecified atom stereocenters. The normalized spacial score (nSPS) is 13.3. The van der Waals surface area contributed by atoms with E-state index in [1.54, 1.807) is 0 Å². The number of halogens is 1. The maximum Gasteiger partial charge on any atom is 0.233 e. The average Bonchev–Trinajstić information content (AvgIpc) is 2.45. The van der Waals surface area contributed by atoms with Crippen molar-refractivity contribution >= 4 is 31.6 Å². The van der Waals surface area contributed by atoms with E-state index >= 15 is 0 Å². The van der Waals surface area contributed by atoms with Gasteiger partial charge in [-0.2, -0.15) is 0 Å². The van der Waals surface area contributed by atoms with Gasteiger partial charge in [-0.3, -0.25) is 9.52 Å². The van der Waals surface area contributed by atoms with Crippen LogP contribution >= 0.6 is 0 Å². The lowest BCUT2D eigenvalue weighted by molar-refractivity contribution is -0.123. The van der Waals surface area contributed by atoms with Crippen molar-refractivity contribution < 1.29 is 26.0 Å². The highest BCUT2D eigenvalue weighted by atomic mass is 32.2. The number of amides is 1. The summed E-state index contributed by atoms with van der Waals surface area (Å²) in [6.07, 6.45) is 0. The van der Waals surface area contributed by atoms with Crippen LogP contribution in [0.3, 0.4) is 0 Å². The molecule has 0 spiro atoms. The number of sulfonamides is 2. The van der Waals surface area contributed by atoms with Crippen molar-refractivity contribution in [2.45, 2.75) is 6.92 Å². The zero-order chi connectivity index (χ0) is 18.4. The van der Waals surface area contributed by atoms with Crippen LogP contribution in [0, 0.1) is 11.7 Å². The van der Waals surface area contributed by atoms with E-state index in [4.69, 9.17) is 0 Å². The number of benzene rings is 1. The Morgan fingerprint density at radius 1 is 1.21 bits per heavy atom. The highest BCUT2D eigenvalue weighted by molar-refractivity contribution is 7.92. The van der Waals surface area contributed by atoms with Gasteiger partial charge in [0.2, 0.25) is 26.0 Å². The molecule has 0 aliphatic rings. The summed E-state index contributed by atoms with van der Waals surface area (Å²) >= 11 is 0. The second-order valence-electron chi connectivity index (χ2n) is 5.11. The molecular formula is C13H20FN3O5S2. The van der Waals surface area contributed by atoms with Crippen molar-refractivity contribution in [3.05, 3.63) is 30.1 Å². The summed E-state index contributed by atoms with van der Waals surface area (Å²) in [5.41, 5.74) is 0.0581. The molecule has 1 rings (SSSR count). The van der Waals surface area contributed by atoms with Crippen LogP contribution in [0.1, 0.15) is 6.92 Å². The van der Waals surface area contributed by atoms with E-state index in [9.17, 15) is 26.0 Å². The second kappa shape index (κ2) is 8.40. The summed E-state index contributed by atoms with van der Waals surface area (Å²) in [5.74, 6) is -2.92. The zero-order valence-corrected chi connectivity index (χ0v) is 14.9. The predicted octanol–water partition coefficient (Wildman–Crippen LogP) is -0.131. The smallest absolute Gasteiger partial charge is 0.233 e. The van der Waals surface area contributed by atoms with Crippen molar-refractivity contribution in [1.29, 1.82) is 0 Å². The van der Waals surface area contributed by atoms with Gasteiger partial charge < -0.3 is 5.32 Å². The zero-order valence-electron chi connectivity index (χ0n) is 13.2. The molecule has 1 amide bonds. The minimum Gasteiger partial charge on any atom is -0.355 e. The Labute approximate surface area is 140 Å². The van der Waals surface area contributed by atoms with Crippen molar-refractivity contribution in [1.82, 2.24) is 10.0 Å². The Balaban J connectivity index is 2.55. The molecule has 1 aromatic rings. The Hall–Kier alpha value is -1.72. The molecule has 24 heavy (non-hydrogen) atoms. The van der Waals surface area contributed by atoms with E-state index in [0.29, 0.717) is 0 Å². The van der Waals surface area contributed by atoms with Gasteiger partial charge in [0.1, 0.15) is 5.82 Å². The van der Waals surface area contributed by atoms with E-state index in [1.807, 2.05) is 0 Å². The molecule has 1 atom stereocenters. The second-order valence-corrected chi connectivity index (χ2v) is 8.92. The van der Waals surface area contributed by atoms with Crippen LogP contribution in [-0.4, -0.2) is 47.8 Å². The first kappa shape index (κ1) is 20.3. The maximum atomic E-state index is 13.0. The van der Waals surface area contributed by atoms with Crippen LogP contribution in [0.5, 0.6) is 0 Å². The Bertz CT molecular complexity index is 781. The fourth-order valence-electron chi connectivity index (χ4n) is 1.76. The molecule has 0 saturated carbocycles. The van der Waals surface area contributed by atoms with E-state index in [1.165, 1.54) is 32.2 Å². The molecule has 11 heteroatoms. The molecule has 0 radical (unpaired) electrons. The first-order valence-electron chi connectivity index (χ1n) is 6.99. The topological polar surface area (TPSA) is 121 Å². The predicted molar refractivity (Wildman–Crippen MR) is 88.8 cm³/mol. The molecule has 0 heterocycles. The van der Waals surface area contributed by atoms with Gasteiger partial charge in [0.05, 0.1) is 23.1 Å². The Morgan fingerprint density at radius 3 is 2.46 bits per heavy atom. The van der Waals surface area contributed by atoms with Gasteiger partial charge in [-0.05, 0) is 25.2 Å². The molecule has 0 saturated heterocycles. The van der Waals surface area contributed by atoms with Crippen LogP contribution in [0.2, 0.25) is 0 Å². The summed E-state index contributed by atoms with van der Waals surface area (Å²) in [4.78, 5) is 11.8. The maximum absolute atomic E-state index is 13.0. The molecule has 0 aliphatic carbocycles. The van der Waals surface area contributed by atoms with Gasteiger partial charge in [-0.25, -0.2) is 25.9 Å². The van der Waals surface area contributed by atoms with Gasteiger partial charge in [0.15, 0.2) is 0 Å². The number of carbonyl (C=O) groups is 1. The van der Waals surface area contributed by atoms with Crippen LogP contribution in [0.15, 0.2) is 24.3 Å². The van der Waals surface area contributed by atoms with Gasteiger partial charge in [-0.1, -0.05) is 13.0 Å². The lowest BCUT2D eigenvalue weighted by Crippen LogP contribution is -2.38. The third kappa shape index (κ3) is 7.23. The number of anilines is 1. The van der Waals surface area contributed by atoms with Gasteiger partial charge in [0, 0.05) is 6.54 Å². The quantitative estimate of drug-likeness (QED) is 0.550. The summed E-state index contributed by atoms with van der Waals surface area (Å²) in [6, 6.07) is 4.93. The highest BCUT2D eigenvalue weighted by Crippen LogP contribution is 2.12. The Kier molecular flexibility index (Phi) is 7.11. The first-order valence-corrected chi connectivity index (χ1v) is 10.3. The van der Waals surface area contributed by atoms with Crippen LogP contribution in [0.25, 0.3) is 0 Å². The van der Waals surface area contributed by atoms with E-state index < -0.39 is 43.4 Å². The summed E-state index contributed by atoms with van der Waals surface area (Å²) in [7, 11) is -6.06. The van der Waals surface area contributed by atoms with Crippen molar-refractivity contribution in [3.63, 3.8) is 0 Å². The molecule has 0 bridgehead atoms. The Morgan fingerprint density at radius 2 is 1.88 bits per heavy atom. The first-order chi connectivity index (χ1) is 11.0. The summed E-state index contributed by atoms with van der Waals surface area (Å²) in [6.45, 7) is 1.26. The minimum absolute atomic E-state index is 0.0581. The molecule has 0 aliphatic heterocycles. The van der Waals surface area contributed by atoms with Gasteiger partial charge in [-0.15, -0.1) is 0 Å². The molecule has 8 nitrogen and oxygen atoms in total. The molecular weight excluding hydrogens is 361 g/mol. The number of nitrogens with one attached hydrogen (secondary N) is 3. The highest BCUT2D eigenvalue weighted by Gasteiger charge is 2.22. The monoisotopic (exact) mass is 381 g/mol. The third-order valence-corrected chi connectivity index (χ3v) is 5.85. The van der Waals surface area contributed by atoms with Crippen molar-refractivity contribution in [3.8, 4) is 0 Å². The lowest BCUT2D eigenvalue weighted by Gasteiger charge is -2.14. The van der Waals surface area contributed by atoms with E-state index in [2.05, 4.69) is 14.8 Å². The summed E-state index contributed by atoms with van der Waals surface area (Å²) in [5, 5.41) is 2.36. The van der Waals surface area contributed by atoms with Crippen molar-refractivity contribution in [2.24, 2.45) is 5.92 Å². The van der Waals surface area contributed by atoms with Crippen LogP contribution in [0.4, 0.5) is 10.1 Å². The molecule has 136 valence electrons. The van der Waals surface area contributed by atoms with Gasteiger partial charge in [0.25, 0.3) is 0 Å². The fourth-order valence-corrected chi connectivity index (χ4v) is 3.72. The van der Waals surface area contributed by atoms with Gasteiger partial charge >= 0.3 is 0 Å². The number of rotatable bonds is 9. The standard InChI is InChI=1S/C13H20FN3O5S2/c1-10(13(18)16-6-7-23(19,20)15-2)9-24(21,22)17-12-5-3-4-11(14)8-12/h3-5,8,10,15,17H,6-7,9H2,1-2H3,(H,16,18). The minimum atomic E-state index is -3.86. The third-order valence-electron chi connectivity index (χ3n) is 3.00. The number of hydrogen-bond donors (Lipinski definition) is 3. The molecule has 1 aromatic carbocycles. The fraction of sp³-hybridized carbons (Fsp3) is 0.462. The largest absolute Gasteiger partial charge is 0.355 e. The molecule has 3 N–H and O–H groups in total. The lowest BCUT2D eigenvalue weighted by atomic mass is 10.2. The molecule has 0 fully saturated rings. The number of hydrogen-bond acceptors (Lipinski definition) is 5. The SMILES string of the molecule is CNS(=O)(=O)CCNC(=O)C(C)CS(=O)(=O)Nc1cccc(F)c1. The van der Waals surface area contributed by atoms with Crippen molar-refractivity contribution in [2.75, 3.05) is 29.8 Å². The number of carbonyl (C=O) groups excluding carboxylic acids is 1. The average molecular weight is 381 g/mol. The molecule has 0 aromatic heterocycles.